The lowest BCUT2D eigenvalue weighted by molar-refractivity contribution is -0.119. The van der Waals surface area contributed by atoms with E-state index in [4.69, 9.17) is 0 Å². The van der Waals surface area contributed by atoms with Crippen molar-refractivity contribution in [1.82, 2.24) is 4.90 Å². The molecule has 0 radical (unpaired) electrons. The molecule has 2 aromatic carbocycles. The van der Waals surface area contributed by atoms with E-state index in [1.807, 2.05) is 71.3 Å². The fourth-order valence-corrected chi connectivity index (χ4v) is 4.92. The van der Waals surface area contributed by atoms with Gasteiger partial charge in [0.05, 0.1) is 4.88 Å². The number of carbonyl (C=O) groups excluding carboxylic acids is 2. The van der Waals surface area contributed by atoms with Crippen LogP contribution in [0.2, 0.25) is 0 Å². The third kappa shape index (κ3) is 3.67. The molecule has 3 aromatic rings. The number of benzene rings is 2. The van der Waals surface area contributed by atoms with Crippen LogP contribution >= 0.6 is 11.3 Å². The number of thiophene rings is 1. The predicted octanol–water partition coefficient (Wildman–Crippen LogP) is 4.95. The van der Waals surface area contributed by atoms with Gasteiger partial charge in [0.2, 0.25) is 5.91 Å². The van der Waals surface area contributed by atoms with E-state index in [0.717, 1.165) is 33.5 Å². The van der Waals surface area contributed by atoms with E-state index in [2.05, 4.69) is 6.07 Å². The first kappa shape index (κ1) is 18.7. The largest absolute Gasteiger partial charge is 0.338 e. The van der Waals surface area contributed by atoms with Gasteiger partial charge in [-0.05, 0) is 42.5 Å². The molecule has 0 aliphatic carbocycles. The summed E-state index contributed by atoms with van der Waals surface area (Å²) >= 11 is 1.56. The van der Waals surface area contributed by atoms with Gasteiger partial charge in [0.15, 0.2) is 0 Å². The molecule has 0 saturated carbocycles. The number of nitrogens with zero attached hydrogens (tertiary/aromatic N) is 2. The Bertz CT molecular complexity index is 941. The van der Waals surface area contributed by atoms with Crippen molar-refractivity contribution in [2.24, 2.45) is 0 Å². The lowest BCUT2D eigenvalue weighted by Crippen LogP contribution is -2.48. The molecule has 0 spiro atoms. The molecule has 0 unspecified atom stereocenters. The summed E-state index contributed by atoms with van der Waals surface area (Å²) in [6.45, 7) is 3.26. The van der Waals surface area contributed by atoms with Crippen LogP contribution in [0.5, 0.6) is 0 Å². The summed E-state index contributed by atoms with van der Waals surface area (Å²) in [5.74, 6) is 0.244. The third-order valence-electron chi connectivity index (χ3n) is 5.36. The molecule has 5 heteroatoms. The highest BCUT2D eigenvalue weighted by molar-refractivity contribution is 7.20. The number of para-hydroxylation sites is 1. The van der Waals surface area contributed by atoms with Crippen molar-refractivity contribution in [3.05, 3.63) is 65.5 Å². The Kier molecular flexibility index (Phi) is 5.44. The Morgan fingerprint density at radius 2 is 1.71 bits per heavy atom. The molecule has 4 rings (SSSR count). The van der Waals surface area contributed by atoms with Crippen LogP contribution < -0.4 is 4.90 Å². The summed E-state index contributed by atoms with van der Waals surface area (Å²) in [5.41, 5.74) is 0.948. The first-order valence-electron chi connectivity index (χ1n) is 9.82. The SMILES string of the molecule is CCC(=O)N(c1ccccc1)C1CCN(C(=O)c2cc3ccccc3s2)CC1. The second kappa shape index (κ2) is 8.15. The van der Waals surface area contributed by atoms with Gasteiger partial charge in [0.25, 0.3) is 5.91 Å². The fraction of sp³-hybridized carbons (Fsp3) is 0.304. The number of amides is 2. The van der Waals surface area contributed by atoms with Gasteiger partial charge in [-0.1, -0.05) is 43.3 Å². The Labute approximate surface area is 169 Å². The quantitative estimate of drug-likeness (QED) is 0.630. The van der Waals surface area contributed by atoms with Gasteiger partial charge in [-0.3, -0.25) is 9.59 Å². The Hall–Kier alpha value is -2.66. The lowest BCUT2D eigenvalue weighted by atomic mass is 10.0. The van der Waals surface area contributed by atoms with Crippen LogP contribution in [-0.4, -0.2) is 35.8 Å². The molecule has 4 nitrogen and oxygen atoms in total. The molecule has 1 aliphatic rings. The molecule has 2 heterocycles. The van der Waals surface area contributed by atoms with Crippen molar-refractivity contribution in [3.63, 3.8) is 0 Å². The fourth-order valence-electron chi connectivity index (χ4n) is 3.89. The molecule has 0 bridgehead atoms. The summed E-state index contributed by atoms with van der Waals surface area (Å²) in [6, 6.07) is 20.1. The van der Waals surface area contributed by atoms with Crippen LogP contribution in [0.25, 0.3) is 10.1 Å². The zero-order chi connectivity index (χ0) is 19.5. The minimum absolute atomic E-state index is 0.104. The zero-order valence-corrected chi connectivity index (χ0v) is 16.8. The number of hydrogen-bond donors (Lipinski definition) is 0. The van der Waals surface area contributed by atoms with Gasteiger partial charge in [0.1, 0.15) is 0 Å². The number of hydrogen-bond acceptors (Lipinski definition) is 3. The highest BCUT2D eigenvalue weighted by atomic mass is 32.1. The summed E-state index contributed by atoms with van der Waals surface area (Å²) in [7, 11) is 0. The van der Waals surface area contributed by atoms with Gasteiger partial charge in [0, 0.05) is 35.9 Å². The highest BCUT2D eigenvalue weighted by Gasteiger charge is 2.30. The van der Waals surface area contributed by atoms with Gasteiger partial charge in [-0.15, -0.1) is 11.3 Å². The monoisotopic (exact) mass is 392 g/mol. The van der Waals surface area contributed by atoms with E-state index in [0.29, 0.717) is 19.5 Å². The van der Waals surface area contributed by atoms with E-state index < -0.39 is 0 Å². The van der Waals surface area contributed by atoms with Crippen molar-refractivity contribution >= 4 is 38.9 Å². The number of likely N-dealkylation sites (tertiary alicyclic amines) is 1. The topological polar surface area (TPSA) is 40.6 Å². The summed E-state index contributed by atoms with van der Waals surface area (Å²) in [6.07, 6.45) is 2.09. The molecule has 1 saturated heterocycles. The highest BCUT2D eigenvalue weighted by Crippen LogP contribution is 2.29. The standard InChI is InChI=1S/C23H24N2O2S/c1-2-22(26)25(18-9-4-3-5-10-18)19-12-14-24(15-13-19)23(27)21-16-17-8-6-7-11-20(17)28-21/h3-11,16,19H,2,12-15H2,1H3. The van der Waals surface area contributed by atoms with Crippen LogP contribution in [0.15, 0.2) is 60.7 Å². The number of carbonyl (C=O) groups is 2. The first-order chi connectivity index (χ1) is 13.7. The molecule has 28 heavy (non-hydrogen) atoms. The Balaban J connectivity index is 1.47. The lowest BCUT2D eigenvalue weighted by Gasteiger charge is -2.38. The van der Waals surface area contributed by atoms with Crippen LogP contribution in [0.3, 0.4) is 0 Å². The number of rotatable bonds is 4. The van der Waals surface area contributed by atoms with Crippen LogP contribution in [0.4, 0.5) is 5.69 Å². The molecule has 1 aliphatic heterocycles. The normalized spacial score (nSPS) is 15.0. The molecule has 1 fully saturated rings. The van der Waals surface area contributed by atoms with Crippen LogP contribution in [0.1, 0.15) is 35.9 Å². The van der Waals surface area contributed by atoms with Crippen LogP contribution in [0, 0.1) is 0 Å². The maximum Gasteiger partial charge on any atom is 0.263 e. The minimum Gasteiger partial charge on any atom is -0.338 e. The van der Waals surface area contributed by atoms with E-state index >= 15 is 0 Å². The maximum absolute atomic E-state index is 13.0. The van der Waals surface area contributed by atoms with E-state index in [-0.39, 0.29) is 17.9 Å². The molecular formula is C23H24N2O2S. The van der Waals surface area contributed by atoms with Gasteiger partial charge < -0.3 is 9.80 Å². The van der Waals surface area contributed by atoms with Gasteiger partial charge >= 0.3 is 0 Å². The third-order valence-corrected chi connectivity index (χ3v) is 6.46. The molecular weight excluding hydrogens is 368 g/mol. The molecule has 0 N–H and O–H groups in total. The second-order valence-electron chi connectivity index (χ2n) is 7.12. The molecule has 1 aromatic heterocycles. The van der Waals surface area contributed by atoms with Gasteiger partial charge in [-0.2, -0.15) is 0 Å². The predicted molar refractivity (Wildman–Crippen MR) is 115 cm³/mol. The van der Waals surface area contributed by atoms with Crippen molar-refractivity contribution in [2.45, 2.75) is 32.2 Å². The smallest absolute Gasteiger partial charge is 0.263 e. The number of fused-ring (bicyclic) bond motifs is 1. The van der Waals surface area contributed by atoms with Crippen molar-refractivity contribution in [1.29, 1.82) is 0 Å². The molecule has 2 amide bonds. The molecule has 0 atom stereocenters. The summed E-state index contributed by atoms with van der Waals surface area (Å²) in [4.78, 5) is 30.2. The second-order valence-corrected chi connectivity index (χ2v) is 8.21. The van der Waals surface area contributed by atoms with Crippen LogP contribution in [-0.2, 0) is 4.79 Å². The van der Waals surface area contributed by atoms with E-state index in [1.165, 1.54) is 0 Å². The molecule has 144 valence electrons. The summed E-state index contributed by atoms with van der Waals surface area (Å²) in [5, 5.41) is 1.12. The average molecular weight is 393 g/mol. The van der Waals surface area contributed by atoms with E-state index in [1.54, 1.807) is 11.3 Å². The van der Waals surface area contributed by atoms with Gasteiger partial charge in [-0.25, -0.2) is 0 Å². The number of piperidine rings is 1. The Morgan fingerprint density at radius 1 is 1.04 bits per heavy atom. The number of anilines is 1. The van der Waals surface area contributed by atoms with E-state index in [9.17, 15) is 9.59 Å². The van der Waals surface area contributed by atoms with Crippen molar-refractivity contribution in [2.75, 3.05) is 18.0 Å². The zero-order valence-electron chi connectivity index (χ0n) is 16.0. The van der Waals surface area contributed by atoms with Crippen molar-refractivity contribution in [3.8, 4) is 0 Å². The minimum atomic E-state index is 0.104. The maximum atomic E-state index is 13.0. The summed E-state index contributed by atoms with van der Waals surface area (Å²) < 4.78 is 1.14. The first-order valence-corrected chi connectivity index (χ1v) is 10.6. The van der Waals surface area contributed by atoms with Crippen molar-refractivity contribution < 1.29 is 9.59 Å². The Morgan fingerprint density at radius 3 is 2.39 bits per heavy atom. The average Bonchev–Trinajstić information content (AvgIpc) is 3.19.